The number of ketones is 1. The van der Waals surface area contributed by atoms with Gasteiger partial charge >= 0.3 is 5.97 Å². The van der Waals surface area contributed by atoms with Gasteiger partial charge in [-0.15, -0.1) is 0 Å². The molecule has 0 amide bonds. The number of anilines is 1. The maximum atomic E-state index is 11.8. The van der Waals surface area contributed by atoms with E-state index in [1.165, 1.54) is 0 Å². The average molecular weight is 236 g/mol. The molecule has 0 aromatic heterocycles. The van der Waals surface area contributed by atoms with Gasteiger partial charge in [-0.2, -0.15) is 0 Å². The van der Waals surface area contributed by atoms with E-state index in [1.807, 2.05) is 0 Å². The summed E-state index contributed by atoms with van der Waals surface area (Å²) >= 11 is 0. The van der Waals surface area contributed by atoms with E-state index in [9.17, 15) is 9.59 Å². The van der Waals surface area contributed by atoms with Crippen LogP contribution in [0.5, 0.6) is 0 Å². The van der Waals surface area contributed by atoms with Gasteiger partial charge in [0, 0.05) is 17.7 Å². The highest BCUT2D eigenvalue weighted by Crippen LogP contribution is 2.13. The minimum atomic E-state index is -0.943. The zero-order valence-corrected chi connectivity index (χ0v) is 9.68. The van der Waals surface area contributed by atoms with Crippen molar-refractivity contribution in [3.05, 3.63) is 29.8 Å². The van der Waals surface area contributed by atoms with Crippen molar-refractivity contribution in [1.29, 1.82) is 0 Å². The van der Waals surface area contributed by atoms with Gasteiger partial charge in [0.2, 0.25) is 0 Å². The Morgan fingerprint density at radius 3 is 2.59 bits per heavy atom. The molecule has 0 saturated carbocycles. The third kappa shape index (κ3) is 3.57. The van der Waals surface area contributed by atoms with Crippen LogP contribution >= 0.6 is 0 Å². The van der Waals surface area contributed by atoms with Crippen molar-refractivity contribution in [1.82, 2.24) is 0 Å². The third-order valence-electron chi connectivity index (χ3n) is 2.26. The molecule has 0 fully saturated rings. The Morgan fingerprint density at radius 2 is 2.00 bits per heavy atom. The fourth-order valence-corrected chi connectivity index (χ4v) is 1.39. The topological polar surface area (TPSA) is 95.4 Å². The first-order chi connectivity index (χ1) is 8.06. The lowest BCUT2D eigenvalue weighted by Crippen LogP contribution is -2.34. The van der Waals surface area contributed by atoms with Crippen LogP contribution in [-0.2, 0) is 9.53 Å². The molecule has 0 bridgehead atoms. The summed E-state index contributed by atoms with van der Waals surface area (Å²) in [4.78, 5) is 23.1. The summed E-state index contributed by atoms with van der Waals surface area (Å²) in [7, 11) is 0. The van der Waals surface area contributed by atoms with Crippen molar-refractivity contribution in [2.24, 2.45) is 5.73 Å². The molecule has 0 aliphatic carbocycles. The zero-order valence-electron chi connectivity index (χ0n) is 9.68. The van der Waals surface area contributed by atoms with Crippen LogP contribution in [-0.4, -0.2) is 24.4 Å². The minimum absolute atomic E-state index is 0.104. The maximum absolute atomic E-state index is 11.8. The van der Waals surface area contributed by atoms with Crippen LogP contribution in [0.25, 0.3) is 0 Å². The Hall–Kier alpha value is -1.88. The Labute approximate surface area is 99.7 Å². The number of carbonyl (C=O) groups is 2. The standard InChI is InChI=1S/C12H16N2O3/c1-2-17-12(16)10(14)7-11(15)8-5-3-4-6-9(8)13/h3-6,10H,2,7,13-14H2,1H3. The first-order valence-electron chi connectivity index (χ1n) is 5.36. The van der Waals surface area contributed by atoms with E-state index in [1.54, 1.807) is 31.2 Å². The summed E-state index contributed by atoms with van der Waals surface area (Å²) in [6.45, 7) is 1.93. The normalized spacial score (nSPS) is 11.9. The fourth-order valence-electron chi connectivity index (χ4n) is 1.39. The number of benzene rings is 1. The van der Waals surface area contributed by atoms with E-state index in [0.29, 0.717) is 11.3 Å². The molecule has 1 aromatic rings. The van der Waals surface area contributed by atoms with Gasteiger partial charge in [-0.3, -0.25) is 9.59 Å². The molecular formula is C12H16N2O3. The Balaban J connectivity index is 2.67. The lowest BCUT2D eigenvalue weighted by molar-refractivity contribution is -0.144. The summed E-state index contributed by atoms with van der Waals surface area (Å²) in [5.41, 5.74) is 12.0. The van der Waals surface area contributed by atoms with Gasteiger partial charge < -0.3 is 16.2 Å². The summed E-state index contributed by atoms with van der Waals surface area (Å²) in [5, 5.41) is 0. The number of para-hydroxylation sites is 1. The summed E-state index contributed by atoms with van der Waals surface area (Å²) in [6, 6.07) is 5.73. The predicted molar refractivity (Wildman–Crippen MR) is 64.4 cm³/mol. The number of rotatable bonds is 5. The maximum Gasteiger partial charge on any atom is 0.323 e. The predicted octanol–water partition coefficient (Wildman–Crippen LogP) is 0.732. The van der Waals surface area contributed by atoms with Crippen LogP contribution in [0.2, 0.25) is 0 Å². The molecule has 0 spiro atoms. The van der Waals surface area contributed by atoms with Gasteiger partial charge in [0.25, 0.3) is 0 Å². The van der Waals surface area contributed by atoms with E-state index in [0.717, 1.165) is 0 Å². The van der Waals surface area contributed by atoms with Crippen molar-refractivity contribution in [2.75, 3.05) is 12.3 Å². The number of hydrogen-bond acceptors (Lipinski definition) is 5. The highest BCUT2D eigenvalue weighted by Gasteiger charge is 2.20. The third-order valence-corrected chi connectivity index (χ3v) is 2.26. The van der Waals surface area contributed by atoms with Gasteiger partial charge in [0.15, 0.2) is 5.78 Å². The van der Waals surface area contributed by atoms with Crippen LogP contribution in [0, 0.1) is 0 Å². The molecular weight excluding hydrogens is 220 g/mol. The number of nitrogen functional groups attached to an aromatic ring is 1. The smallest absolute Gasteiger partial charge is 0.323 e. The first kappa shape index (κ1) is 13.2. The average Bonchev–Trinajstić information content (AvgIpc) is 2.29. The molecule has 4 N–H and O–H groups in total. The molecule has 1 rings (SSSR count). The van der Waals surface area contributed by atoms with Crippen molar-refractivity contribution in [3.8, 4) is 0 Å². The summed E-state index contributed by atoms with van der Waals surface area (Å²) < 4.78 is 4.72. The molecule has 5 nitrogen and oxygen atoms in total. The second-order valence-electron chi connectivity index (χ2n) is 3.57. The highest BCUT2D eigenvalue weighted by molar-refractivity contribution is 6.02. The number of carbonyl (C=O) groups excluding carboxylic acids is 2. The van der Waals surface area contributed by atoms with Gasteiger partial charge in [-0.1, -0.05) is 12.1 Å². The number of nitrogens with two attached hydrogens (primary N) is 2. The second-order valence-corrected chi connectivity index (χ2v) is 3.57. The lowest BCUT2D eigenvalue weighted by Gasteiger charge is -2.10. The van der Waals surface area contributed by atoms with Crippen molar-refractivity contribution in [2.45, 2.75) is 19.4 Å². The quantitative estimate of drug-likeness (QED) is 0.446. The van der Waals surface area contributed by atoms with Gasteiger partial charge in [0.1, 0.15) is 6.04 Å². The van der Waals surface area contributed by atoms with Crippen LogP contribution in [0.4, 0.5) is 5.69 Å². The van der Waals surface area contributed by atoms with Crippen LogP contribution in [0.15, 0.2) is 24.3 Å². The molecule has 92 valence electrons. The summed E-state index contributed by atoms with van der Waals surface area (Å²) in [6.07, 6.45) is -0.104. The molecule has 0 radical (unpaired) electrons. The number of Topliss-reactive ketones (excluding diaryl/α,β-unsaturated/α-hetero) is 1. The van der Waals surface area contributed by atoms with Crippen LogP contribution in [0.3, 0.4) is 0 Å². The van der Waals surface area contributed by atoms with E-state index < -0.39 is 12.0 Å². The monoisotopic (exact) mass is 236 g/mol. The van der Waals surface area contributed by atoms with E-state index in [2.05, 4.69) is 0 Å². The van der Waals surface area contributed by atoms with Crippen molar-refractivity contribution >= 4 is 17.4 Å². The van der Waals surface area contributed by atoms with E-state index in [4.69, 9.17) is 16.2 Å². The molecule has 1 unspecified atom stereocenters. The van der Waals surface area contributed by atoms with Gasteiger partial charge in [-0.25, -0.2) is 0 Å². The minimum Gasteiger partial charge on any atom is -0.465 e. The molecule has 1 atom stereocenters. The number of hydrogen-bond donors (Lipinski definition) is 2. The van der Waals surface area contributed by atoms with Gasteiger partial charge in [-0.05, 0) is 19.1 Å². The van der Waals surface area contributed by atoms with Crippen LogP contribution < -0.4 is 11.5 Å². The van der Waals surface area contributed by atoms with E-state index in [-0.39, 0.29) is 18.8 Å². The van der Waals surface area contributed by atoms with Crippen LogP contribution in [0.1, 0.15) is 23.7 Å². The molecule has 0 saturated heterocycles. The second kappa shape index (κ2) is 6.00. The largest absolute Gasteiger partial charge is 0.465 e. The summed E-state index contributed by atoms with van der Waals surface area (Å²) in [5.74, 6) is -0.834. The number of esters is 1. The van der Waals surface area contributed by atoms with Crippen molar-refractivity contribution < 1.29 is 14.3 Å². The zero-order chi connectivity index (χ0) is 12.8. The fraction of sp³-hybridized carbons (Fsp3) is 0.333. The molecule has 0 aliphatic heterocycles. The number of ether oxygens (including phenoxy) is 1. The van der Waals surface area contributed by atoms with Crippen molar-refractivity contribution in [3.63, 3.8) is 0 Å². The highest BCUT2D eigenvalue weighted by atomic mass is 16.5. The Morgan fingerprint density at radius 1 is 1.35 bits per heavy atom. The Kier molecular flexibility index (Phi) is 4.66. The molecule has 1 aromatic carbocycles. The molecule has 0 heterocycles. The lowest BCUT2D eigenvalue weighted by atomic mass is 10.0. The van der Waals surface area contributed by atoms with E-state index >= 15 is 0 Å². The molecule has 17 heavy (non-hydrogen) atoms. The first-order valence-corrected chi connectivity index (χ1v) is 5.36. The molecule has 5 heteroatoms. The van der Waals surface area contributed by atoms with Gasteiger partial charge in [0.05, 0.1) is 6.61 Å². The molecule has 0 aliphatic rings. The Bertz CT molecular complexity index is 418. The SMILES string of the molecule is CCOC(=O)C(N)CC(=O)c1ccccc1N.